The maximum Gasteiger partial charge on any atom is 0.308 e. The first kappa shape index (κ1) is 24.7. The van der Waals surface area contributed by atoms with Crippen LogP contribution in [-0.2, 0) is 14.3 Å². The van der Waals surface area contributed by atoms with Crippen LogP contribution in [0.5, 0.6) is 5.75 Å². The molecule has 1 aliphatic heterocycles. The Hall–Kier alpha value is -4.98. The van der Waals surface area contributed by atoms with Crippen molar-refractivity contribution in [3.05, 3.63) is 107 Å². The van der Waals surface area contributed by atoms with E-state index in [1.807, 2.05) is 55.5 Å². The molecule has 0 radical (unpaired) electrons. The zero-order valence-corrected chi connectivity index (χ0v) is 21.1. The van der Waals surface area contributed by atoms with Crippen LogP contribution in [0.3, 0.4) is 0 Å². The summed E-state index contributed by atoms with van der Waals surface area (Å²) >= 11 is 0. The van der Waals surface area contributed by atoms with Gasteiger partial charge in [-0.3, -0.25) is 14.4 Å². The van der Waals surface area contributed by atoms with Crippen molar-refractivity contribution in [3.8, 4) is 5.75 Å². The molecule has 0 bridgehead atoms. The molecule has 1 heterocycles. The van der Waals surface area contributed by atoms with Gasteiger partial charge in [0.2, 0.25) is 18.0 Å². The molecule has 0 aliphatic carbocycles. The van der Waals surface area contributed by atoms with Crippen molar-refractivity contribution in [2.24, 2.45) is 5.10 Å². The first-order valence-electron chi connectivity index (χ1n) is 12.0. The summed E-state index contributed by atoms with van der Waals surface area (Å²) < 4.78 is 11.7. The van der Waals surface area contributed by atoms with Crippen LogP contribution < -0.4 is 10.1 Å². The predicted molar refractivity (Wildman–Crippen MR) is 144 cm³/mol. The minimum absolute atomic E-state index is 0.162. The first-order chi connectivity index (χ1) is 18.3. The molecule has 8 nitrogen and oxygen atoms in total. The van der Waals surface area contributed by atoms with E-state index in [1.54, 1.807) is 36.4 Å². The Morgan fingerprint density at radius 1 is 0.921 bits per heavy atom. The van der Waals surface area contributed by atoms with Crippen molar-refractivity contribution in [3.63, 3.8) is 0 Å². The number of fused-ring (bicyclic) bond motifs is 1. The number of rotatable bonds is 5. The Bertz CT molecular complexity index is 1590. The van der Waals surface area contributed by atoms with Crippen LogP contribution in [-0.4, -0.2) is 28.7 Å². The molecule has 0 saturated carbocycles. The Balaban J connectivity index is 1.44. The second kappa shape index (κ2) is 10.2. The fraction of sp³-hybridized carbons (Fsp3) is 0.133. The van der Waals surface area contributed by atoms with Crippen LogP contribution in [0.15, 0.2) is 90.0 Å². The van der Waals surface area contributed by atoms with Crippen LogP contribution in [0, 0.1) is 6.92 Å². The number of nitrogens with zero attached hydrogens (tertiary/aromatic N) is 2. The second-order valence-corrected chi connectivity index (χ2v) is 8.94. The highest BCUT2D eigenvalue weighted by Gasteiger charge is 2.35. The Morgan fingerprint density at radius 2 is 1.68 bits per heavy atom. The molecule has 1 aliphatic rings. The minimum Gasteiger partial charge on any atom is -0.446 e. The number of benzene rings is 4. The fourth-order valence-electron chi connectivity index (χ4n) is 4.32. The average Bonchev–Trinajstić information content (AvgIpc) is 3.34. The van der Waals surface area contributed by atoms with Crippen LogP contribution in [0.25, 0.3) is 10.8 Å². The highest BCUT2D eigenvalue weighted by molar-refractivity contribution is 6.10. The Labute approximate surface area is 219 Å². The smallest absolute Gasteiger partial charge is 0.308 e. The Kier molecular flexibility index (Phi) is 6.62. The number of nitrogens with one attached hydrogen (secondary N) is 1. The van der Waals surface area contributed by atoms with Crippen molar-refractivity contribution in [1.82, 2.24) is 5.01 Å². The van der Waals surface area contributed by atoms with Gasteiger partial charge in [0, 0.05) is 30.7 Å². The Morgan fingerprint density at radius 3 is 2.39 bits per heavy atom. The lowest BCUT2D eigenvalue weighted by atomic mass is 10.0. The standard InChI is InChI=1S/C30H25N3O5/c1-18-7-6-9-23(17-18)28(36)31-24-14-11-22(12-15-24)30-33(19(2)34)32-29(38-30)27-25-10-5-4-8-21(25)13-16-26(27)37-20(3)35/h4-17,30H,1-3H3,(H,31,36). The third kappa shape index (κ3) is 4.97. The third-order valence-electron chi connectivity index (χ3n) is 6.06. The molecule has 1 unspecified atom stereocenters. The first-order valence-corrected chi connectivity index (χ1v) is 12.0. The molecule has 0 saturated heterocycles. The van der Waals surface area contributed by atoms with E-state index in [2.05, 4.69) is 10.4 Å². The lowest BCUT2D eigenvalue weighted by Gasteiger charge is -2.20. The topological polar surface area (TPSA) is 97.3 Å². The average molecular weight is 508 g/mol. The number of esters is 1. The van der Waals surface area contributed by atoms with Gasteiger partial charge in [-0.05, 0) is 48.0 Å². The lowest BCUT2D eigenvalue weighted by molar-refractivity contribution is -0.135. The number of carbonyl (C=O) groups excluding carboxylic acids is 3. The predicted octanol–water partition coefficient (Wildman–Crippen LogP) is 5.56. The molecule has 0 spiro atoms. The van der Waals surface area contributed by atoms with E-state index < -0.39 is 12.2 Å². The molecule has 1 N–H and O–H groups in total. The van der Waals surface area contributed by atoms with Crippen molar-refractivity contribution >= 4 is 40.1 Å². The number of anilines is 1. The lowest BCUT2D eigenvalue weighted by Crippen LogP contribution is -2.25. The van der Waals surface area contributed by atoms with Crippen LogP contribution in [0.4, 0.5) is 5.69 Å². The number of hydrazone groups is 1. The molecular formula is C30H25N3O5. The summed E-state index contributed by atoms with van der Waals surface area (Å²) in [5.74, 6) is -0.577. The summed E-state index contributed by atoms with van der Waals surface area (Å²) in [5, 5.41) is 10.3. The highest BCUT2D eigenvalue weighted by atomic mass is 16.5. The van der Waals surface area contributed by atoms with E-state index in [1.165, 1.54) is 18.9 Å². The number of amides is 2. The van der Waals surface area contributed by atoms with Gasteiger partial charge in [0.05, 0.1) is 5.56 Å². The highest BCUT2D eigenvalue weighted by Crippen LogP contribution is 2.36. The summed E-state index contributed by atoms with van der Waals surface area (Å²) in [6, 6.07) is 25.4. The van der Waals surface area contributed by atoms with Crippen molar-refractivity contribution in [2.45, 2.75) is 27.0 Å². The van der Waals surface area contributed by atoms with Gasteiger partial charge in [-0.1, -0.05) is 60.2 Å². The van der Waals surface area contributed by atoms with Crippen molar-refractivity contribution in [2.75, 3.05) is 5.32 Å². The van der Waals surface area contributed by atoms with E-state index >= 15 is 0 Å². The van der Waals surface area contributed by atoms with Crippen LogP contribution in [0.2, 0.25) is 0 Å². The maximum atomic E-state index is 12.6. The second-order valence-electron chi connectivity index (χ2n) is 8.94. The maximum absolute atomic E-state index is 12.6. The normalized spacial score (nSPS) is 14.6. The SMILES string of the molecule is CC(=O)Oc1ccc2ccccc2c1C1=NN(C(C)=O)C(c2ccc(NC(=O)c3cccc(C)c3)cc2)O1. The quantitative estimate of drug-likeness (QED) is 0.282. The number of ether oxygens (including phenoxy) is 2. The van der Waals surface area contributed by atoms with Gasteiger partial charge in [0.1, 0.15) is 5.75 Å². The van der Waals surface area contributed by atoms with Gasteiger partial charge in [0.25, 0.3) is 5.91 Å². The van der Waals surface area contributed by atoms with E-state index in [0.717, 1.165) is 16.3 Å². The number of aryl methyl sites for hydroxylation is 1. The molecular weight excluding hydrogens is 482 g/mol. The van der Waals surface area contributed by atoms with Gasteiger partial charge < -0.3 is 14.8 Å². The molecule has 4 aromatic carbocycles. The molecule has 4 aromatic rings. The van der Waals surface area contributed by atoms with E-state index in [9.17, 15) is 14.4 Å². The number of hydrogen-bond acceptors (Lipinski definition) is 6. The van der Waals surface area contributed by atoms with Gasteiger partial charge in [-0.2, -0.15) is 5.01 Å². The zero-order valence-electron chi connectivity index (χ0n) is 21.1. The molecule has 0 aromatic heterocycles. The summed E-state index contributed by atoms with van der Waals surface area (Å²) in [6.45, 7) is 4.65. The van der Waals surface area contributed by atoms with E-state index in [4.69, 9.17) is 9.47 Å². The monoisotopic (exact) mass is 507 g/mol. The van der Waals surface area contributed by atoms with Crippen LogP contribution in [0.1, 0.15) is 47.1 Å². The summed E-state index contributed by atoms with van der Waals surface area (Å²) in [5.41, 5.74) is 3.29. The van der Waals surface area contributed by atoms with Crippen LogP contribution >= 0.6 is 0 Å². The summed E-state index contributed by atoms with van der Waals surface area (Å²) in [4.78, 5) is 36.9. The summed E-state index contributed by atoms with van der Waals surface area (Å²) in [7, 11) is 0. The largest absolute Gasteiger partial charge is 0.446 e. The molecule has 8 heteroatoms. The fourth-order valence-corrected chi connectivity index (χ4v) is 4.32. The zero-order chi connectivity index (χ0) is 26.8. The number of carbonyl (C=O) groups is 3. The summed E-state index contributed by atoms with van der Waals surface area (Å²) in [6.07, 6.45) is -0.840. The van der Waals surface area contributed by atoms with E-state index in [0.29, 0.717) is 22.4 Å². The van der Waals surface area contributed by atoms with Gasteiger partial charge in [-0.25, -0.2) is 0 Å². The van der Waals surface area contributed by atoms with Gasteiger partial charge >= 0.3 is 5.97 Å². The van der Waals surface area contributed by atoms with Gasteiger partial charge in [-0.15, -0.1) is 5.10 Å². The third-order valence-corrected chi connectivity index (χ3v) is 6.06. The molecule has 190 valence electrons. The molecule has 38 heavy (non-hydrogen) atoms. The van der Waals surface area contributed by atoms with E-state index in [-0.39, 0.29) is 23.5 Å². The minimum atomic E-state index is -0.840. The molecule has 0 fully saturated rings. The van der Waals surface area contributed by atoms with Crippen molar-refractivity contribution < 1.29 is 23.9 Å². The molecule has 5 rings (SSSR count). The number of hydrogen-bond donors (Lipinski definition) is 1. The van der Waals surface area contributed by atoms with Gasteiger partial charge in [0.15, 0.2) is 0 Å². The molecule has 1 atom stereocenters. The van der Waals surface area contributed by atoms with Crippen molar-refractivity contribution in [1.29, 1.82) is 0 Å². The molecule has 2 amide bonds.